The number of hydrogen-bond acceptors (Lipinski definition) is 2. The maximum atomic E-state index is 13.5. The van der Waals surface area contributed by atoms with Crippen molar-refractivity contribution in [3.8, 4) is 0 Å². The van der Waals surface area contributed by atoms with Gasteiger partial charge in [-0.2, -0.15) is 0 Å². The van der Waals surface area contributed by atoms with Crippen molar-refractivity contribution in [3.63, 3.8) is 0 Å². The smallest absolute Gasteiger partial charge is 0.159 e. The summed E-state index contributed by atoms with van der Waals surface area (Å²) in [5, 5.41) is 3.33. The number of hydrogen-bond donors (Lipinski definition) is 1. The lowest BCUT2D eigenvalue weighted by Gasteiger charge is -2.35. The Kier molecular flexibility index (Phi) is 11.0. The summed E-state index contributed by atoms with van der Waals surface area (Å²) in [6, 6.07) is 4.56. The molecule has 0 unspecified atom stereocenters. The Morgan fingerprint density at radius 3 is 2.36 bits per heavy atom. The molecule has 1 aliphatic heterocycles. The summed E-state index contributed by atoms with van der Waals surface area (Å²) >= 11 is 0. The van der Waals surface area contributed by atoms with Crippen LogP contribution in [0.5, 0.6) is 0 Å². The number of benzene rings is 1. The highest BCUT2D eigenvalue weighted by molar-refractivity contribution is 5.85. The second kappa shape index (κ2) is 11.2. The molecule has 1 heterocycles. The quantitative estimate of drug-likeness (QED) is 0.764. The average Bonchev–Trinajstić information content (AvgIpc) is 2.48. The Morgan fingerprint density at radius 2 is 1.77 bits per heavy atom. The van der Waals surface area contributed by atoms with Gasteiger partial charge < -0.3 is 5.32 Å². The maximum Gasteiger partial charge on any atom is 0.159 e. The van der Waals surface area contributed by atoms with E-state index in [-0.39, 0.29) is 30.9 Å². The van der Waals surface area contributed by atoms with Gasteiger partial charge in [-0.25, -0.2) is 8.78 Å². The standard InChI is InChI=1S/C16H24F2N2.2ClH/c1-2-3-4-5-16(20-10-8-19-9-11-20)13-6-7-14(17)15(18)12-13;;/h6-7,12,16,19H,2-5,8-11H2,1H3;2*1H/t16-;;/m0../s1. The minimum absolute atomic E-state index is 0. The van der Waals surface area contributed by atoms with E-state index in [2.05, 4.69) is 17.1 Å². The molecule has 1 N–H and O–H groups in total. The summed E-state index contributed by atoms with van der Waals surface area (Å²) in [6.45, 7) is 6.05. The third kappa shape index (κ3) is 5.99. The topological polar surface area (TPSA) is 15.3 Å². The van der Waals surface area contributed by atoms with Crippen LogP contribution in [0.4, 0.5) is 8.78 Å². The fourth-order valence-electron chi connectivity index (χ4n) is 2.86. The zero-order valence-electron chi connectivity index (χ0n) is 13.0. The SMILES string of the molecule is CCCCC[C@@H](c1ccc(F)c(F)c1)N1CCNCC1.Cl.Cl. The second-order valence-corrected chi connectivity index (χ2v) is 5.47. The number of nitrogens with zero attached hydrogens (tertiary/aromatic N) is 1. The van der Waals surface area contributed by atoms with Crippen LogP contribution in [-0.4, -0.2) is 31.1 Å². The van der Waals surface area contributed by atoms with Gasteiger partial charge in [0.15, 0.2) is 11.6 Å². The van der Waals surface area contributed by atoms with Crippen molar-refractivity contribution >= 4 is 24.8 Å². The van der Waals surface area contributed by atoms with Crippen LogP contribution in [0.1, 0.15) is 44.2 Å². The van der Waals surface area contributed by atoms with Crippen LogP contribution in [0.3, 0.4) is 0 Å². The van der Waals surface area contributed by atoms with Gasteiger partial charge in [-0.3, -0.25) is 4.90 Å². The molecule has 128 valence electrons. The Bertz CT molecular complexity index is 427. The highest BCUT2D eigenvalue weighted by atomic mass is 35.5. The lowest BCUT2D eigenvalue weighted by atomic mass is 9.98. The molecule has 1 fully saturated rings. The summed E-state index contributed by atoms with van der Waals surface area (Å²) < 4.78 is 26.6. The van der Waals surface area contributed by atoms with Gasteiger partial charge in [-0.1, -0.05) is 32.3 Å². The normalized spacial score (nSPS) is 16.5. The molecule has 0 amide bonds. The van der Waals surface area contributed by atoms with E-state index in [9.17, 15) is 8.78 Å². The molecule has 22 heavy (non-hydrogen) atoms. The molecule has 0 spiro atoms. The van der Waals surface area contributed by atoms with E-state index >= 15 is 0 Å². The van der Waals surface area contributed by atoms with Crippen LogP contribution >= 0.6 is 24.8 Å². The van der Waals surface area contributed by atoms with E-state index in [1.165, 1.54) is 25.0 Å². The zero-order valence-corrected chi connectivity index (χ0v) is 14.6. The first-order valence-corrected chi connectivity index (χ1v) is 7.62. The van der Waals surface area contributed by atoms with E-state index < -0.39 is 11.6 Å². The molecule has 0 aliphatic carbocycles. The van der Waals surface area contributed by atoms with Crippen LogP contribution in [0.25, 0.3) is 0 Å². The molecule has 0 radical (unpaired) electrons. The van der Waals surface area contributed by atoms with Gasteiger partial charge >= 0.3 is 0 Å². The summed E-state index contributed by atoms with van der Waals surface area (Å²) in [5.74, 6) is -1.50. The largest absolute Gasteiger partial charge is 0.314 e. The van der Waals surface area contributed by atoms with Crippen molar-refractivity contribution < 1.29 is 8.78 Å². The molecule has 2 rings (SSSR count). The maximum absolute atomic E-state index is 13.5. The third-order valence-electron chi connectivity index (χ3n) is 4.00. The molecular formula is C16H26Cl2F2N2. The number of nitrogens with one attached hydrogen (secondary N) is 1. The van der Waals surface area contributed by atoms with Gasteiger partial charge in [-0.15, -0.1) is 24.8 Å². The van der Waals surface area contributed by atoms with E-state index in [4.69, 9.17) is 0 Å². The highest BCUT2D eigenvalue weighted by Gasteiger charge is 2.22. The fourth-order valence-corrected chi connectivity index (χ4v) is 2.86. The number of rotatable bonds is 6. The molecule has 1 atom stereocenters. The molecule has 1 aromatic carbocycles. The van der Waals surface area contributed by atoms with Crippen molar-refractivity contribution in [1.29, 1.82) is 0 Å². The van der Waals surface area contributed by atoms with E-state index in [0.29, 0.717) is 0 Å². The number of piperazine rings is 1. The first-order chi connectivity index (χ1) is 9.72. The predicted molar refractivity (Wildman–Crippen MR) is 92.2 cm³/mol. The molecule has 2 nitrogen and oxygen atoms in total. The molecule has 0 aromatic heterocycles. The molecular weight excluding hydrogens is 329 g/mol. The van der Waals surface area contributed by atoms with Crippen LogP contribution < -0.4 is 5.32 Å². The van der Waals surface area contributed by atoms with Crippen LogP contribution in [0, 0.1) is 11.6 Å². The minimum Gasteiger partial charge on any atom is -0.314 e. The first-order valence-electron chi connectivity index (χ1n) is 7.62. The summed E-state index contributed by atoms with van der Waals surface area (Å²) in [6.07, 6.45) is 4.50. The Morgan fingerprint density at radius 1 is 1.09 bits per heavy atom. The van der Waals surface area contributed by atoms with Crippen molar-refractivity contribution in [2.24, 2.45) is 0 Å². The monoisotopic (exact) mass is 354 g/mol. The van der Waals surface area contributed by atoms with Crippen LogP contribution in [0.15, 0.2) is 18.2 Å². The third-order valence-corrected chi connectivity index (χ3v) is 4.00. The second-order valence-electron chi connectivity index (χ2n) is 5.47. The number of unbranched alkanes of at least 4 members (excludes halogenated alkanes) is 2. The lowest BCUT2D eigenvalue weighted by Crippen LogP contribution is -2.45. The van der Waals surface area contributed by atoms with Crippen molar-refractivity contribution in [2.45, 2.75) is 38.6 Å². The molecule has 0 saturated carbocycles. The summed E-state index contributed by atoms with van der Waals surface area (Å²) in [4.78, 5) is 2.39. The Balaban J connectivity index is 0.00000220. The first kappa shape index (κ1) is 21.6. The fraction of sp³-hybridized carbons (Fsp3) is 0.625. The Labute approximate surface area is 144 Å². The van der Waals surface area contributed by atoms with Crippen molar-refractivity contribution in [3.05, 3.63) is 35.4 Å². The zero-order chi connectivity index (χ0) is 14.4. The summed E-state index contributed by atoms with van der Waals surface area (Å²) in [7, 11) is 0. The molecule has 6 heteroatoms. The van der Waals surface area contributed by atoms with Gasteiger partial charge in [0.1, 0.15) is 0 Å². The number of halogens is 4. The van der Waals surface area contributed by atoms with Crippen LogP contribution in [0.2, 0.25) is 0 Å². The predicted octanol–water partition coefficient (Wildman–Crippen LogP) is 4.34. The van der Waals surface area contributed by atoms with Crippen molar-refractivity contribution in [2.75, 3.05) is 26.2 Å². The molecule has 1 saturated heterocycles. The van der Waals surface area contributed by atoms with E-state index in [1.807, 2.05) is 0 Å². The van der Waals surface area contributed by atoms with E-state index in [0.717, 1.165) is 44.6 Å². The molecule has 1 aliphatic rings. The van der Waals surface area contributed by atoms with E-state index in [1.54, 1.807) is 6.07 Å². The molecule has 1 aromatic rings. The van der Waals surface area contributed by atoms with Gasteiger partial charge in [-0.05, 0) is 24.1 Å². The van der Waals surface area contributed by atoms with Gasteiger partial charge in [0.2, 0.25) is 0 Å². The molecule has 0 bridgehead atoms. The summed E-state index contributed by atoms with van der Waals surface area (Å²) in [5.41, 5.74) is 0.905. The van der Waals surface area contributed by atoms with Gasteiger partial charge in [0, 0.05) is 32.2 Å². The van der Waals surface area contributed by atoms with Crippen molar-refractivity contribution in [1.82, 2.24) is 10.2 Å². The highest BCUT2D eigenvalue weighted by Crippen LogP contribution is 2.28. The van der Waals surface area contributed by atoms with Gasteiger partial charge in [0.25, 0.3) is 0 Å². The lowest BCUT2D eigenvalue weighted by molar-refractivity contribution is 0.162. The van der Waals surface area contributed by atoms with Crippen LogP contribution in [-0.2, 0) is 0 Å². The van der Waals surface area contributed by atoms with Gasteiger partial charge in [0.05, 0.1) is 0 Å². The Hall–Kier alpha value is -0.420. The average molecular weight is 355 g/mol. The minimum atomic E-state index is -0.763.